The SMILES string of the molecule is CC(C)(C(=O)NC1CCc2ccccc2C1)C(N)=NO. The van der Waals surface area contributed by atoms with Crippen molar-refractivity contribution in [2.24, 2.45) is 16.3 Å². The minimum atomic E-state index is -1.01. The fourth-order valence-electron chi connectivity index (χ4n) is 2.43. The maximum atomic E-state index is 12.3. The normalized spacial score (nSPS) is 19.3. The van der Waals surface area contributed by atoms with Crippen LogP contribution in [0.4, 0.5) is 0 Å². The van der Waals surface area contributed by atoms with Gasteiger partial charge in [0.1, 0.15) is 5.41 Å². The first kappa shape index (κ1) is 14.4. The molecule has 0 fully saturated rings. The molecule has 0 heterocycles. The minimum Gasteiger partial charge on any atom is -0.409 e. The standard InChI is InChI=1S/C15H21N3O2/c1-15(2,13(16)18-20)14(19)17-12-8-7-10-5-3-4-6-11(10)9-12/h3-6,12,20H,7-9H2,1-2H3,(H2,16,18)(H,17,19). The van der Waals surface area contributed by atoms with Gasteiger partial charge in [-0.15, -0.1) is 0 Å². The summed E-state index contributed by atoms with van der Waals surface area (Å²) >= 11 is 0. The largest absolute Gasteiger partial charge is 0.409 e. The average Bonchev–Trinajstić information content (AvgIpc) is 2.46. The van der Waals surface area contributed by atoms with E-state index in [1.807, 2.05) is 12.1 Å². The molecule has 1 atom stereocenters. The van der Waals surface area contributed by atoms with Crippen molar-refractivity contribution in [2.45, 2.75) is 39.2 Å². The zero-order valence-electron chi connectivity index (χ0n) is 11.9. The lowest BCUT2D eigenvalue weighted by atomic mass is 9.86. The average molecular weight is 275 g/mol. The highest BCUT2D eigenvalue weighted by atomic mass is 16.4. The van der Waals surface area contributed by atoms with Crippen molar-refractivity contribution in [2.75, 3.05) is 0 Å². The van der Waals surface area contributed by atoms with E-state index in [4.69, 9.17) is 10.9 Å². The van der Waals surface area contributed by atoms with Gasteiger partial charge in [0.05, 0.1) is 0 Å². The molecule has 1 aliphatic rings. The molecule has 0 saturated carbocycles. The molecule has 0 spiro atoms. The van der Waals surface area contributed by atoms with E-state index in [9.17, 15) is 4.79 Å². The Morgan fingerprint density at radius 1 is 1.40 bits per heavy atom. The molecule has 0 bridgehead atoms. The number of carbonyl (C=O) groups excluding carboxylic acids is 1. The molecule has 4 N–H and O–H groups in total. The summed E-state index contributed by atoms with van der Waals surface area (Å²) in [6.07, 6.45) is 2.70. The molecule has 0 aliphatic heterocycles. The molecule has 20 heavy (non-hydrogen) atoms. The van der Waals surface area contributed by atoms with E-state index in [-0.39, 0.29) is 17.8 Å². The number of amidine groups is 1. The third-order valence-electron chi connectivity index (χ3n) is 4.00. The van der Waals surface area contributed by atoms with Gasteiger partial charge in [-0.2, -0.15) is 0 Å². The molecule has 0 radical (unpaired) electrons. The van der Waals surface area contributed by atoms with Crippen LogP contribution in [-0.4, -0.2) is 23.0 Å². The van der Waals surface area contributed by atoms with Gasteiger partial charge in [0.25, 0.3) is 0 Å². The highest BCUT2D eigenvalue weighted by molar-refractivity contribution is 6.05. The highest BCUT2D eigenvalue weighted by Crippen LogP contribution is 2.22. The summed E-state index contributed by atoms with van der Waals surface area (Å²) in [6, 6.07) is 8.39. The Bertz CT molecular complexity index is 538. The van der Waals surface area contributed by atoms with Gasteiger partial charge >= 0.3 is 0 Å². The number of aryl methyl sites for hydroxylation is 1. The van der Waals surface area contributed by atoms with Gasteiger partial charge in [-0.1, -0.05) is 29.4 Å². The van der Waals surface area contributed by atoms with Gasteiger partial charge in [0, 0.05) is 6.04 Å². The van der Waals surface area contributed by atoms with Crippen LogP contribution in [0.5, 0.6) is 0 Å². The molecular weight excluding hydrogens is 254 g/mol. The Balaban J connectivity index is 2.04. The zero-order chi connectivity index (χ0) is 14.8. The second-order valence-electron chi connectivity index (χ2n) is 5.79. The molecule has 1 aromatic rings. The number of benzene rings is 1. The van der Waals surface area contributed by atoms with E-state index >= 15 is 0 Å². The summed E-state index contributed by atoms with van der Waals surface area (Å²) in [5, 5.41) is 14.7. The fraction of sp³-hybridized carbons (Fsp3) is 0.467. The molecule has 0 aromatic heterocycles. The van der Waals surface area contributed by atoms with Crippen LogP contribution in [0.2, 0.25) is 0 Å². The van der Waals surface area contributed by atoms with Gasteiger partial charge in [0.2, 0.25) is 5.91 Å². The first-order valence-electron chi connectivity index (χ1n) is 6.81. The molecule has 108 valence electrons. The first-order chi connectivity index (χ1) is 9.45. The van der Waals surface area contributed by atoms with Crippen molar-refractivity contribution in [1.29, 1.82) is 0 Å². The van der Waals surface area contributed by atoms with Crippen molar-refractivity contribution in [3.05, 3.63) is 35.4 Å². The van der Waals surface area contributed by atoms with Crippen LogP contribution in [0.3, 0.4) is 0 Å². The Morgan fingerprint density at radius 3 is 2.70 bits per heavy atom. The molecule has 2 rings (SSSR count). The van der Waals surface area contributed by atoms with Gasteiger partial charge in [-0.25, -0.2) is 0 Å². The minimum absolute atomic E-state index is 0.0776. The summed E-state index contributed by atoms with van der Waals surface area (Å²) in [4.78, 5) is 12.3. The molecular formula is C15H21N3O2. The molecule has 1 aromatic carbocycles. The zero-order valence-corrected chi connectivity index (χ0v) is 11.9. The van der Waals surface area contributed by atoms with Gasteiger partial charge in [-0.3, -0.25) is 4.79 Å². The number of fused-ring (bicyclic) bond motifs is 1. The van der Waals surface area contributed by atoms with Crippen LogP contribution in [-0.2, 0) is 17.6 Å². The molecule has 5 nitrogen and oxygen atoms in total. The fourth-order valence-corrected chi connectivity index (χ4v) is 2.43. The van der Waals surface area contributed by atoms with E-state index in [0.29, 0.717) is 0 Å². The second-order valence-corrected chi connectivity index (χ2v) is 5.79. The molecule has 5 heteroatoms. The van der Waals surface area contributed by atoms with Crippen molar-refractivity contribution in [3.8, 4) is 0 Å². The number of rotatable bonds is 3. The van der Waals surface area contributed by atoms with E-state index in [2.05, 4.69) is 22.6 Å². The van der Waals surface area contributed by atoms with Crippen LogP contribution >= 0.6 is 0 Å². The Kier molecular flexibility index (Phi) is 3.97. The van der Waals surface area contributed by atoms with Gasteiger partial charge < -0.3 is 16.3 Å². The van der Waals surface area contributed by atoms with Crippen molar-refractivity contribution >= 4 is 11.7 Å². The number of nitrogens with two attached hydrogens (primary N) is 1. The lowest BCUT2D eigenvalue weighted by Crippen LogP contribution is -2.50. The Labute approximate surface area is 118 Å². The summed E-state index contributed by atoms with van der Waals surface area (Å²) in [7, 11) is 0. The third kappa shape index (κ3) is 2.76. The number of carbonyl (C=O) groups is 1. The summed E-state index contributed by atoms with van der Waals surface area (Å²) in [6.45, 7) is 3.29. The van der Waals surface area contributed by atoms with Crippen LogP contribution in [0.15, 0.2) is 29.4 Å². The third-order valence-corrected chi connectivity index (χ3v) is 4.00. The van der Waals surface area contributed by atoms with Crippen LogP contribution in [0.25, 0.3) is 0 Å². The quantitative estimate of drug-likeness (QED) is 0.337. The lowest BCUT2D eigenvalue weighted by molar-refractivity contribution is -0.127. The van der Waals surface area contributed by atoms with Crippen LogP contribution in [0, 0.1) is 5.41 Å². The summed E-state index contributed by atoms with van der Waals surface area (Å²) in [5.41, 5.74) is 7.20. The van der Waals surface area contributed by atoms with Crippen molar-refractivity contribution < 1.29 is 10.0 Å². The number of oxime groups is 1. The molecule has 1 amide bonds. The van der Waals surface area contributed by atoms with Crippen LogP contribution < -0.4 is 11.1 Å². The number of hydrogen-bond donors (Lipinski definition) is 3. The Morgan fingerprint density at radius 2 is 2.05 bits per heavy atom. The number of amides is 1. The lowest BCUT2D eigenvalue weighted by Gasteiger charge is -2.29. The van der Waals surface area contributed by atoms with Crippen LogP contribution in [0.1, 0.15) is 31.4 Å². The van der Waals surface area contributed by atoms with Crippen molar-refractivity contribution in [3.63, 3.8) is 0 Å². The molecule has 0 saturated heterocycles. The van der Waals surface area contributed by atoms with Gasteiger partial charge in [0.15, 0.2) is 5.84 Å². The Hall–Kier alpha value is -2.04. The van der Waals surface area contributed by atoms with E-state index in [0.717, 1.165) is 19.3 Å². The summed E-state index contributed by atoms with van der Waals surface area (Å²) in [5.74, 6) is -0.289. The van der Waals surface area contributed by atoms with Crippen molar-refractivity contribution in [1.82, 2.24) is 5.32 Å². The summed E-state index contributed by atoms with van der Waals surface area (Å²) < 4.78 is 0. The van der Waals surface area contributed by atoms with E-state index in [1.54, 1.807) is 13.8 Å². The number of nitrogens with one attached hydrogen (secondary N) is 1. The number of hydrogen-bond acceptors (Lipinski definition) is 3. The predicted molar refractivity (Wildman–Crippen MR) is 77.6 cm³/mol. The first-order valence-corrected chi connectivity index (χ1v) is 6.81. The highest BCUT2D eigenvalue weighted by Gasteiger charge is 2.34. The number of nitrogens with zero attached hydrogens (tertiary/aromatic N) is 1. The van der Waals surface area contributed by atoms with E-state index < -0.39 is 5.41 Å². The topological polar surface area (TPSA) is 87.7 Å². The van der Waals surface area contributed by atoms with Gasteiger partial charge in [-0.05, 0) is 44.2 Å². The maximum Gasteiger partial charge on any atom is 0.233 e. The monoisotopic (exact) mass is 275 g/mol. The molecule has 1 aliphatic carbocycles. The second kappa shape index (κ2) is 5.53. The smallest absolute Gasteiger partial charge is 0.233 e. The maximum absolute atomic E-state index is 12.3. The predicted octanol–water partition coefficient (Wildman–Crippen LogP) is 1.43. The van der Waals surface area contributed by atoms with E-state index in [1.165, 1.54) is 11.1 Å². The molecule has 1 unspecified atom stereocenters.